The lowest BCUT2D eigenvalue weighted by Gasteiger charge is -2.18. The molecule has 1 amide bonds. The Morgan fingerprint density at radius 3 is 2.48 bits per heavy atom. The molecule has 2 fully saturated rings. The van der Waals surface area contributed by atoms with Gasteiger partial charge in [0.05, 0.1) is 7.11 Å². The van der Waals surface area contributed by atoms with E-state index in [1.54, 1.807) is 6.07 Å². The van der Waals surface area contributed by atoms with Gasteiger partial charge in [0, 0.05) is 24.2 Å². The van der Waals surface area contributed by atoms with Gasteiger partial charge in [0.2, 0.25) is 10.0 Å². The first-order valence-electron chi connectivity index (χ1n) is 9.16. The van der Waals surface area contributed by atoms with Crippen LogP contribution < -0.4 is 20.5 Å². The molecule has 3 rings (SSSR count). The molecule has 1 aromatic carbocycles. The van der Waals surface area contributed by atoms with Crippen molar-refractivity contribution in [1.82, 2.24) is 10.0 Å². The molecule has 2 aliphatic rings. The maximum Gasteiger partial charge on any atom is 0.251 e. The minimum atomic E-state index is -3.76. The van der Waals surface area contributed by atoms with Crippen molar-refractivity contribution in [2.75, 3.05) is 13.7 Å². The number of amides is 1. The summed E-state index contributed by atoms with van der Waals surface area (Å²) < 4.78 is 33.5. The van der Waals surface area contributed by atoms with Gasteiger partial charge in [-0.1, -0.05) is 12.8 Å². The van der Waals surface area contributed by atoms with Gasteiger partial charge in [-0.25, -0.2) is 13.1 Å². The predicted octanol–water partition coefficient (Wildman–Crippen LogP) is 1.80. The fourth-order valence-electron chi connectivity index (χ4n) is 3.47. The van der Waals surface area contributed by atoms with Gasteiger partial charge in [-0.15, -0.1) is 12.4 Å². The Hall–Kier alpha value is -1.35. The second-order valence-electron chi connectivity index (χ2n) is 7.12. The quantitative estimate of drug-likeness (QED) is 0.597. The number of hydrogen-bond donors (Lipinski definition) is 3. The van der Waals surface area contributed by atoms with E-state index in [2.05, 4.69) is 10.0 Å². The minimum Gasteiger partial charge on any atom is -0.495 e. The molecule has 0 spiro atoms. The second kappa shape index (κ2) is 9.23. The molecule has 152 valence electrons. The first-order valence-corrected chi connectivity index (χ1v) is 10.6. The Morgan fingerprint density at radius 1 is 1.26 bits per heavy atom. The molecule has 9 heteroatoms. The SMILES string of the molecule is COc1ccc(C(=O)NC(CN)C2CC2)cc1S(=O)(=O)NC1CCCC1.Cl. The lowest BCUT2D eigenvalue weighted by molar-refractivity contribution is 0.0933. The summed E-state index contributed by atoms with van der Waals surface area (Å²) in [5.41, 5.74) is 6.02. The van der Waals surface area contributed by atoms with E-state index in [1.165, 1.54) is 19.2 Å². The zero-order valence-electron chi connectivity index (χ0n) is 15.4. The van der Waals surface area contributed by atoms with Crippen LogP contribution in [-0.4, -0.2) is 40.1 Å². The van der Waals surface area contributed by atoms with Gasteiger partial charge in [-0.2, -0.15) is 0 Å². The Labute approximate surface area is 166 Å². The monoisotopic (exact) mass is 417 g/mol. The van der Waals surface area contributed by atoms with Crippen LogP contribution >= 0.6 is 12.4 Å². The van der Waals surface area contributed by atoms with E-state index in [9.17, 15) is 13.2 Å². The van der Waals surface area contributed by atoms with E-state index >= 15 is 0 Å². The molecule has 0 heterocycles. The van der Waals surface area contributed by atoms with Crippen LogP contribution in [0, 0.1) is 5.92 Å². The van der Waals surface area contributed by atoms with E-state index < -0.39 is 10.0 Å². The summed E-state index contributed by atoms with van der Waals surface area (Å²) in [6.45, 7) is 0.376. The van der Waals surface area contributed by atoms with Gasteiger partial charge in [0.1, 0.15) is 10.6 Å². The molecule has 1 unspecified atom stereocenters. The van der Waals surface area contributed by atoms with Crippen LogP contribution in [0.4, 0.5) is 0 Å². The zero-order valence-corrected chi connectivity index (χ0v) is 17.1. The second-order valence-corrected chi connectivity index (χ2v) is 8.80. The van der Waals surface area contributed by atoms with Crippen molar-refractivity contribution in [3.63, 3.8) is 0 Å². The van der Waals surface area contributed by atoms with E-state index in [4.69, 9.17) is 10.5 Å². The summed E-state index contributed by atoms with van der Waals surface area (Å²) in [6, 6.07) is 4.35. The average molecular weight is 418 g/mol. The molecule has 27 heavy (non-hydrogen) atoms. The first kappa shape index (κ1) is 21.9. The Bertz CT molecular complexity index is 762. The molecule has 4 N–H and O–H groups in total. The third-order valence-corrected chi connectivity index (χ3v) is 6.70. The lowest BCUT2D eigenvalue weighted by atomic mass is 10.1. The van der Waals surface area contributed by atoms with Crippen LogP contribution in [0.3, 0.4) is 0 Å². The molecule has 0 saturated heterocycles. The molecule has 0 aromatic heterocycles. The Balaban J connectivity index is 0.00000261. The van der Waals surface area contributed by atoms with Crippen LogP contribution in [0.25, 0.3) is 0 Å². The summed E-state index contributed by atoms with van der Waals surface area (Å²) >= 11 is 0. The zero-order chi connectivity index (χ0) is 18.7. The van der Waals surface area contributed by atoms with Crippen LogP contribution in [0.1, 0.15) is 48.9 Å². The number of benzene rings is 1. The van der Waals surface area contributed by atoms with Crippen LogP contribution in [-0.2, 0) is 10.0 Å². The van der Waals surface area contributed by atoms with Crippen LogP contribution in [0.2, 0.25) is 0 Å². The van der Waals surface area contributed by atoms with E-state index in [1.807, 2.05) is 0 Å². The number of methoxy groups -OCH3 is 1. The van der Waals surface area contributed by atoms with Crippen LogP contribution in [0.5, 0.6) is 5.75 Å². The molecule has 1 aromatic rings. The Kier molecular flexibility index (Phi) is 7.50. The fraction of sp³-hybridized carbons (Fsp3) is 0.611. The smallest absolute Gasteiger partial charge is 0.251 e. The minimum absolute atomic E-state index is 0. The van der Waals surface area contributed by atoms with Crippen molar-refractivity contribution < 1.29 is 17.9 Å². The maximum absolute atomic E-state index is 12.8. The van der Waals surface area contributed by atoms with Crippen LogP contribution in [0.15, 0.2) is 23.1 Å². The molecule has 2 aliphatic carbocycles. The number of carbonyl (C=O) groups is 1. The van der Waals surface area contributed by atoms with E-state index in [0.29, 0.717) is 12.5 Å². The number of hydrogen-bond acceptors (Lipinski definition) is 5. The molecular formula is C18H28ClN3O4S. The third kappa shape index (κ3) is 5.34. The highest BCUT2D eigenvalue weighted by atomic mass is 35.5. The summed E-state index contributed by atoms with van der Waals surface area (Å²) in [5, 5.41) is 2.91. The molecular weight excluding hydrogens is 390 g/mol. The van der Waals surface area contributed by atoms with Crippen molar-refractivity contribution >= 4 is 28.3 Å². The van der Waals surface area contributed by atoms with Crippen molar-refractivity contribution in [2.24, 2.45) is 11.7 Å². The average Bonchev–Trinajstić information content (AvgIpc) is 3.36. The molecule has 0 bridgehead atoms. The molecule has 0 aliphatic heterocycles. The molecule has 0 radical (unpaired) electrons. The first-order chi connectivity index (χ1) is 12.4. The molecule has 7 nitrogen and oxygen atoms in total. The number of rotatable bonds is 8. The van der Waals surface area contributed by atoms with Gasteiger partial charge < -0.3 is 15.8 Å². The maximum atomic E-state index is 12.8. The summed E-state index contributed by atoms with van der Waals surface area (Å²) in [5.74, 6) is 0.339. The van der Waals surface area contributed by atoms with E-state index in [0.717, 1.165) is 38.5 Å². The summed E-state index contributed by atoms with van der Waals surface area (Å²) in [4.78, 5) is 12.5. The number of nitrogens with one attached hydrogen (secondary N) is 2. The van der Waals surface area contributed by atoms with Gasteiger partial charge >= 0.3 is 0 Å². The fourth-order valence-corrected chi connectivity index (χ4v) is 4.97. The van der Waals surface area contributed by atoms with Crippen molar-refractivity contribution in [1.29, 1.82) is 0 Å². The Morgan fingerprint density at radius 2 is 1.93 bits per heavy atom. The summed E-state index contributed by atoms with van der Waals surface area (Å²) in [6.07, 6.45) is 5.84. The third-order valence-electron chi connectivity index (χ3n) is 5.15. The number of ether oxygens (including phenoxy) is 1. The van der Waals surface area contributed by atoms with E-state index in [-0.39, 0.29) is 46.6 Å². The highest BCUT2D eigenvalue weighted by Crippen LogP contribution is 2.32. The van der Waals surface area contributed by atoms with Crippen molar-refractivity contribution in [2.45, 2.75) is 55.5 Å². The molecule has 2 saturated carbocycles. The number of carbonyl (C=O) groups excluding carboxylic acids is 1. The van der Waals surface area contributed by atoms with Gasteiger partial charge in [-0.3, -0.25) is 4.79 Å². The normalized spacial score (nSPS) is 18.6. The van der Waals surface area contributed by atoms with Crippen molar-refractivity contribution in [3.8, 4) is 5.75 Å². The largest absolute Gasteiger partial charge is 0.495 e. The topological polar surface area (TPSA) is 111 Å². The highest BCUT2D eigenvalue weighted by molar-refractivity contribution is 7.89. The van der Waals surface area contributed by atoms with Crippen molar-refractivity contribution in [3.05, 3.63) is 23.8 Å². The van der Waals surface area contributed by atoms with Gasteiger partial charge in [-0.05, 0) is 49.8 Å². The predicted molar refractivity (Wildman–Crippen MR) is 106 cm³/mol. The van der Waals surface area contributed by atoms with Gasteiger partial charge in [0.25, 0.3) is 5.91 Å². The molecule has 1 atom stereocenters. The highest BCUT2D eigenvalue weighted by Gasteiger charge is 2.32. The summed E-state index contributed by atoms with van der Waals surface area (Å²) in [7, 11) is -2.34. The number of halogens is 1. The number of sulfonamides is 1. The number of nitrogens with two attached hydrogens (primary N) is 1. The standard InChI is InChI=1S/C18H27N3O4S.ClH/c1-25-16-9-8-13(18(22)20-15(11-19)12-6-7-12)10-17(16)26(23,24)21-14-4-2-3-5-14;/h8-10,12,14-15,21H,2-7,11,19H2,1H3,(H,20,22);1H. The van der Waals surface area contributed by atoms with Gasteiger partial charge in [0.15, 0.2) is 0 Å². The lowest BCUT2D eigenvalue weighted by Crippen LogP contribution is -2.41.